The number of halogens is 1. The van der Waals surface area contributed by atoms with Crippen molar-refractivity contribution in [3.63, 3.8) is 0 Å². The summed E-state index contributed by atoms with van der Waals surface area (Å²) in [4.78, 5) is 13.5. The molecule has 0 bridgehead atoms. The second-order valence-corrected chi connectivity index (χ2v) is 4.98. The standard InChI is InChI=1S/C17H19FN2O/c1-20(16-10-6-5-9-14(16)18)17(21)15(19)12-11-13-7-3-2-4-8-13/h2-10,15H,11-12,19H2,1H3/t15-/m0/s1. The van der Waals surface area contributed by atoms with Crippen molar-refractivity contribution in [2.75, 3.05) is 11.9 Å². The normalized spacial score (nSPS) is 12.0. The van der Waals surface area contributed by atoms with Gasteiger partial charge in [-0.2, -0.15) is 0 Å². The van der Waals surface area contributed by atoms with Crippen molar-refractivity contribution in [2.45, 2.75) is 18.9 Å². The molecule has 0 aliphatic rings. The molecule has 0 aliphatic heterocycles. The Hall–Kier alpha value is -2.20. The van der Waals surface area contributed by atoms with E-state index in [9.17, 15) is 9.18 Å². The molecule has 0 heterocycles. The van der Waals surface area contributed by atoms with E-state index >= 15 is 0 Å². The number of nitrogens with zero attached hydrogens (tertiary/aromatic N) is 1. The molecule has 0 spiro atoms. The SMILES string of the molecule is CN(C(=O)[C@@H](N)CCc1ccccc1)c1ccccc1F. The van der Waals surface area contributed by atoms with Crippen molar-refractivity contribution < 1.29 is 9.18 Å². The van der Waals surface area contributed by atoms with Crippen LogP contribution in [0.1, 0.15) is 12.0 Å². The minimum absolute atomic E-state index is 0.248. The van der Waals surface area contributed by atoms with Gasteiger partial charge >= 0.3 is 0 Å². The van der Waals surface area contributed by atoms with E-state index in [-0.39, 0.29) is 11.6 Å². The highest BCUT2D eigenvalue weighted by atomic mass is 19.1. The Labute approximate surface area is 124 Å². The van der Waals surface area contributed by atoms with Crippen LogP contribution in [0.15, 0.2) is 54.6 Å². The maximum absolute atomic E-state index is 13.7. The van der Waals surface area contributed by atoms with Crippen LogP contribution in [-0.2, 0) is 11.2 Å². The molecule has 3 nitrogen and oxygen atoms in total. The lowest BCUT2D eigenvalue weighted by molar-refractivity contribution is -0.119. The highest BCUT2D eigenvalue weighted by molar-refractivity contribution is 5.96. The van der Waals surface area contributed by atoms with Crippen LogP contribution in [0, 0.1) is 5.82 Å². The summed E-state index contributed by atoms with van der Waals surface area (Å²) in [7, 11) is 1.54. The molecular weight excluding hydrogens is 267 g/mol. The molecule has 0 saturated carbocycles. The van der Waals surface area contributed by atoms with E-state index in [1.807, 2.05) is 30.3 Å². The maximum Gasteiger partial charge on any atom is 0.243 e. The van der Waals surface area contributed by atoms with E-state index < -0.39 is 11.9 Å². The average molecular weight is 286 g/mol. The number of aryl methyl sites for hydroxylation is 1. The van der Waals surface area contributed by atoms with Gasteiger partial charge in [-0.3, -0.25) is 4.79 Å². The van der Waals surface area contributed by atoms with Gasteiger partial charge in [-0.1, -0.05) is 42.5 Å². The third kappa shape index (κ3) is 3.89. The predicted octanol–water partition coefficient (Wildman–Crippen LogP) is 2.75. The number of hydrogen-bond acceptors (Lipinski definition) is 2. The quantitative estimate of drug-likeness (QED) is 0.918. The number of carbonyl (C=O) groups is 1. The van der Waals surface area contributed by atoms with E-state index in [0.717, 1.165) is 12.0 Å². The van der Waals surface area contributed by atoms with Gasteiger partial charge in [0.1, 0.15) is 5.82 Å². The first-order chi connectivity index (χ1) is 10.1. The van der Waals surface area contributed by atoms with Gasteiger partial charge in [0.2, 0.25) is 5.91 Å². The van der Waals surface area contributed by atoms with E-state index in [1.54, 1.807) is 25.2 Å². The lowest BCUT2D eigenvalue weighted by Gasteiger charge is -2.21. The molecule has 0 fully saturated rings. The Morgan fingerprint density at radius 3 is 2.43 bits per heavy atom. The maximum atomic E-state index is 13.7. The second-order valence-electron chi connectivity index (χ2n) is 4.98. The minimum Gasteiger partial charge on any atom is -0.320 e. The molecular formula is C17H19FN2O. The van der Waals surface area contributed by atoms with Gasteiger partial charge < -0.3 is 10.6 Å². The van der Waals surface area contributed by atoms with Gasteiger partial charge in [0.25, 0.3) is 0 Å². The van der Waals surface area contributed by atoms with Crippen molar-refractivity contribution in [1.29, 1.82) is 0 Å². The molecule has 1 amide bonds. The van der Waals surface area contributed by atoms with Gasteiger partial charge in [-0.15, -0.1) is 0 Å². The highest BCUT2D eigenvalue weighted by Gasteiger charge is 2.20. The number of hydrogen-bond donors (Lipinski definition) is 1. The van der Waals surface area contributed by atoms with Crippen molar-refractivity contribution in [1.82, 2.24) is 0 Å². The Bertz CT molecular complexity index is 601. The Morgan fingerprint density at radius 1 is 1.14 bits per heavy atom. The molecule has 0 aliphatic carbocycles. The van der Waals surface area contributed by atoms with Gasteiger partial charge in [0.15, 0.2) is 0 Å². The monoisotopic (exact) mass is 286 g/mol. The molecule has 0 aromatic heterocycles. The topological polar surface area (TPSA) is 46.3 Å². The largest absolute Gasteiger partial charge is 0.320 e. The first kappa shape index (κ1) is 15.2. The summed E-state index contributed by atoms with van der Waals surface area (Å²) in [5, 5.41) is 0. The number of para-hydroxylation sites is 1. The third-order valence-electron chi connectivity index (χ3n) is 3.45. The van der Waals surface area contributed by atoms with Crippen LogP contribution in [0.2, 0.25) is 0 Å². The van der Waals surface area contributed by atoms with Gasteiger partial charge in [0, 0.05) is 7.05 Å². The number of likely N-dealkylation sites (N-methyl/N-ethyl adjacent to an activating group) is 1. The molecule has 110 valence electrons. The second kappa shape index (κ2) is 6.99. The summed E-state index contributed by atoms with van der Waals surface area (Å²) in [6.07, 6.45) is 1.25. The van der Waals surface area contributed by atoms with Gasteiger partial charge in [-0.05, 0) is 30.5 Å². The smallest absolute Gasteiger partial charge is 0.243 e. The fraction of sp³-hybridized carbons (Fsp3) is 0.235. The summed E-state index contributed by atoms with van der Waals surface area (Å²) >= 11 is 0. The van der Waals surface area contributed by atoms with Crippen LogP contribution in [0.5, 0.6) is 0 Å². The van der Waals surface area contributed by atoms with E-state index in [0.29, 0.717) is 6.42 Å². The zero-order valence-electron chi connectivity index (χ0n) is 12.0. The summed E-state index contributed by atoms with van der Waals surface area (Å²) in [6.45, 7) is 0. The number of amides is 1. The van der Waals surface area contributed by atoms with Crippen molar-refractivity contribution >= 4 is 11.6 Å². The summed E-state index contributed by atoms with van der Waals surface area (Å²) < 4.78 is 13.7. The molecule has 1 atom stereocenters. The first-order valence-electron chi connectivity index (χ1n) is 6.91. The van der Waals surface area contributed by atoms with Crippen LogP contribution < -0.4 is 10.6 Å². The summed E-state index contributed by atoms with van der Waals surface area (Å²) in [6, 6.07) is 15.4. The molecule has 4 heteroatoms. The fourth-order valence-electron chi connectivity index (χ4n) is 2.18. The number of rotatable bonds is 5. The van der Waals surface area contributed by atoms with Gasteiger partial charge in [0.05, 0.1) is 11.7 Å². The number of carbonyl (C=O) groups excluding carboxylic acids is 1. The van der Waals surface area contributed by atoms with E-state index in [2.05, 4.69) is 0 Å². The van der Waals surface area contributed by atoms with Crippen LogP contribution in [-0.4, -0.2) is 19.0 Å². The zero-order valence-corrected chi connectivity index (χ0v) is 12.0. The van der Waals surface area contributed by atoms with Crippen molar-refractivity contribution in [2.24, 2.45) is 5.73 Å². The molecule has 0 unspecified atom stereocenters. The molecule has 2 N–H and O–H groups in total. The number of nitrogens with two attached hydrogens (primary N) is 1. The Balaban J connectivity index is 1.97. The Kier molecular flexibility index (Phi) is 5.06. The summed E-state index contributed by atoms with van der Waals surface area (Å²) in [5.41, 5.74) is 7.32. The summed E-state index contributed by atoms with van der Waals surface area (Å²) in [5.74, 6) is -0.709. The predicted molar refractivity (Wildman–Crippen MR) is 82.5 cm³/mol. The first-order valence-corrected chi connectivity index (χ1v) is 6.91. The average Bonchev–Trinajstić information content (AvgIpc) is 2.52. The molecule has 21 heavy (non-hydrogen) atoms. The zero-order chi connectivity index (χ0) is 15.2. The minimum atomic E-state index is -0.644. The van der Waals surface area contributed by atoms with Crippen LogP contribution >= 0.6 is 0 Å². The number of anilines is 1. The van der Waals surface area contributed by atoms with Crippen LogP contribution in [0.25, 0.3) is 0 Å². The molecule has 2 aromatic carbocycles. The lowest BCUT2D eigenvalue weighted by atomic mass is 10.0. The molecule has 2 rings (SSSR count). The van der Waals surface area contributed by atoms with E-state index in [1.165, 1.54) is 11.0 Å². The van der Waals surface area contributed by atoms with Crippen molar-refractivity contribution in [3.8, 4) is 0 Å². The van der Waals surface area contributed by atoms with Crippen LogP contribution in [0.4, 0.5) is 10.1 Å². The highest BCUT2D eigenvalue weighted by Crippen LogP contribution is 2.18. The number of benzene rings is 2. The fourth-order valence-corrected chi connectivity index (χ4v) is 2.18. The van der Waals surface area contributed by atoms with Crippen molar-refractivity contribution in [3.05, 3.63) is 66.0 Å². The molecule has 0 saturated heterocycles. The molecule has 0 radical (unpaired) electrons. The Morgan fingerprint density at radius 2 is 1.76 bits per heavy atom. The van der Waals surface area contributed by atoms with Crippen LogP contribution in [0.3, 0.4) is 0 Å². The molecule has 2 aromatic rings. The van der Waals surface area contributed by atoms with Gasteiger partial charge in [-0.25, -0.2) is 4.39 Å². The lowest BCUT2D eigenvalue weighted by Crippen LogP contribution is -2.42. The van der Waals surface area contributed by atoms with E-state index in [4.69, 9.17) is 5.73 Å². The third-order valence-corrected chi connectivity index (χ3v) is 3.45.